The Labute approximate surface area is 120 Å². The second kappa shape index (κ2) is 6.04. The molecule has 4 nitrogen and oxygen atoms in total. The van der Waals surface area contributed by atoms with Gasteiger partial charge in [0.15, 0.2) is 0 Å². The van der Waals surface area contributed by atoms with Crippen LogP contribution in [0, 0.1) is 0 Å². The van der Waals surface area contributed by atoms with Gasteiger partial charge in [0.2, 0.25) is 0 Å². The maximum atomic E-state index is 11.9. The Balaban J connectivity index is 2.03. The number of hydrogen-bond donors (Lipinski definition) is 2. The molecule has 1 aromatic carbocycles. The fourth-order valence-electron chi connectivity index (χ4n) is 1.53. The number of nitrogens with zero attached hydrogens (tertiary/aromatic N) is 1. The van der Waals surface area contributed by atoms with Gasteiger partial charge < -0.3 is 10.4 Å². The molecular weight excluding hydrogens is 284 g/mol. The van der Waals surface area contributed by atoms with Gasteiger partial charge in [-0.25, -0.2) is 4.98 Å². The highest BCUT2D eigenvalue weighted by molar-refractivity contribution is 7.11. The van der Waals surface area contributed by atoms with Crippen molar-refractivity contribution in [3.05, 3.63) is 44.9 Å². The molecule has 2 aromatic rings. The van der Waals surface area contributed by atoms with Gasteiger partial charge in [-0.15, -0.1) is 11.3 Å². The maximum Gasteiger partial charge on any atom is 0.255 e. The first-order valence-electron chi connectivity index (χ1n) is 5.80. The van der Waals surface area contributed by atoms with Gasteiger partial charge in [0, 0.05) is 16.1 Å². The van der Waals surface area contributed by atoms with Gasteiger partial charge in [-0.1, -0.05) is 18.5 Å². The summed E-state index contributed by atoms with van der Waals surface area (Å²) in [5.74, 6) is -0.455. The van der Waals surface area contributed by atoms with Crippen molar-refractivity contribution < 1.29 is 9.90 Å². The van der Waals surface area contributed by atoms with E-state index in [1.165, 1.54) is 23.1 Å². The van der Waals surface area contributed by atoms with Crippen LogP contribution in [0.25, 0.3) is 0 Å². The van der Waals surface area contributed by atoms with Crippen LogP contribution in [-0.4, -0.2) is 16.0 Å². The average Bonchev–Trinajstić information content (AvgIpc) is 2.87. The lowest BCUT2D eigenvalue weighted by Crippen LogP contribution is -2.22. The monoisotopic (exact) mass is 296 g/mol. The number of halogens is 1. The van der Waals surface area contributed by atoms with E-state index >= 15 is 0 Å². The van der Waals surface area contributed by atoms with Gasteiger partial charge in [0.05, 0.1) is 12.1 Å². The minimum atomic E-state index is -0.367. The highest BCUT2D eigenvalue weighted by atomic mass is 35.5. The molecule has 1 amide bonds. The van der Waals surface area contributed by atoms with Crippen LogP contribution < -0.4 is 5.32 Å². The Bertz CT molecular complexity index is 598. The molecule has 0 spiro atoms. The molecule has 2 N–H and O–H groups in total. The third kappa shape index (κ3) is 3.45. The summed E-state index contributed by atoms with van der Waals surface area (Å²) in [4.78, 5) is 17.3. The van der Waals surface area contributed by atoms with Crippen LogP contribution in [0.1, 0.15) is 27.2 Å². The summed E-state index contributed by atoms with van der Waals surface area (Å²) in [5, 5.41) is 13.6. The number of aryl methyl sites for hydroxylation is 1. The number of benzene rings is 1. The van der Waals surface area contributed by atoms with Crippen molar-refractivity contribution in [2.75, 3.05) is 0 Å². The van der Waals surface area contributed by atoms with Crippen LogP contribution in [0.15, 0.2) is 24.4 Å². The molecule has 0 fully saturated rings. The molecule has 0 unspecified atom stereocenters. The number of carbonyl (C=O) groups excluding carboxylic acids is 1. The van der Waals surface area contributed by atoms with E-state index in [-0.39, 0.29) is 17.2 Å². The van der Waals surface area contributed by atoms with E-state index in [0.29, 0.717) is 11.6 Å². The lowest BCUT2D eigenvalue weighted by Gasteiger charge is -2.05. The standard InChI is InChI=1S/C13H13ClN2O2S/c1-2-9-6-15-12(19-9)7-16-13(18)10-5-8(14)3-4-11(10)17/h3-6,17H,2,7H2,1H3,(H,16,18). The molecule has 100 valence electrons. The van der Waals surface area contributed by atoms with Crippen LogP contribution >= 0.6 is 22.9 Å². The highest BCUT2D eigenvalue weighted by Crippen LogP contribution is 2.21. The molecule has 2 rings (SSSR count). The number of phenolic OH excluding ortho intramolecular Hbond substituents is 1. The molecule has 1 heterocycles. The number of nitrogens with one attached hydrogen (secondary N) is 1. The third-order valence-electron chi connectivity index (χ3n) is 2.55. The Hall–Kier alpha value is -1.59. The molecular formula is C13H13ClN2O2S. The summed E-state index contributed by atoms with van der Waals surface area (Å²) >= 11 is 7.36. The molecule has 0 radical (unpaired) electrons. The van der Waals surface area contributed by atoms with E-state index in [1.54, 1.807) is 11.3 Å². The molecule has 0 bridgehead atoms. The first-order valence-corrected chi connectivity index (χ1v) is 7.00. The van der Waals surface area contributed by atoms with E-state index in [0.717, 1.165) is 11.4 Å². The molecule has 0 saturated carbocycles. The minimum Gasteiger partial charge on any atom is -0.507 e. The van der Waals surface area contributed by atoms with Crippen molar-refractivity contribution >= 4 is 28.8 Å². The van der Waals surface area contributed by atoms with Crippen molar-refractivity contribution in [1.29, 1.82) is 0 Å². The molecule has 1 aromatic heterocycles. The predicted molar refractivity (Wildman–Crippen MR) is 75.8 cm³/mol. The summed E-state index contributed by atoms with van der Waals surface area (Å²) < 4.78 is 0. The molecule has 0 aliphatic rings. The lowest BCUT2D eigenvalue weighted by atomic mass is 10.2. The molecule has 19 heavy (non-hydrogen) atoms. The normalized spacial score (nSPS) is 10.4. The largest absolute Gasteiger partial charge is 0.507 e. The minimum absolute atomic E-state index is 0.0877. The topological polar surface area (TPSA) is 62.2 Å². The third-order valence-corrected chi connectivity index (χ3v) is 3.93. The summed E-state index contributed by atoms with van der Waals surface area (Å²) in [6.45, 7) is 2.40. The van der Waals surface area contributed by atoms with Crippen molar-refractivity contribution in [2.24, 2.45) is 0 Å². The zero-order valence-corrected chi connectivity index (χ0v) is 11.9. The fraction of sp³-hybridized carbons (Fsp3) is 0.231. The van der Waals surface area contributed by atoms with Gasteiger partial charge in [-0.2, -0.15) is 0 Å². The second-order valence-corrected chi connectivity index (χ2v) is 5.55. The van der Waals surface area contributed by atoms with E-state index in [2.05, 4.69) is 17.2 Å². The number of thiazole rings is 1. The lowest BCUT2D eigenvalue weighted by molar-refractivity contribution is 0.0948. The van der Waals surface area contributed by atoms with Crippen molar-refractivity contribution in [3.8, 4) is 5.75 Å². The molecule has 0 atom stereocenters. The summed E-state index contributed by atoms with van der Waals surface area (Å²) in [6, 6.07) is 4.36. The number of amides is 1. The number of aromatic hydroxyl groups is 1. The van der Waals surface area contributed by atoms with E-state index in [4.69, 9.17) is 11.6 Å². The first kappa shape index (κ1) is 13.8. The van der Waals surface area contributed by atoms with Crippen molar-refractivity contribution in [3.63, 3.8) is 0 Å². The van der Waals surface area contributed by atoms with Crippen LogP contribution in [0.4, 0.5) is 0 Å². The zero-order chi connectivity index (χ0) is 13.8. The first-order chi connectivity index (χ1) is 9.10. The van der Waals surface area contributed by atoms with E-state index in [1.807, 2.05) is 6.20 Å². The van der Waals surface area contributed by atoms with Crippen LogP contribution in [0.3, 0.4) is 0 Å². The number of phenols is 1. The quantitative estimate of drug-likeness (QED) is 0.912. The zero-order valence-electron chi connectivity index (χ0n) is 10.3. The Morgan fingerprint density at radius 2 is 2.32 bits per heavy atom. The number of aromatic nitrogens is 1. The molecule has 0 aliphatic carbocycles. The molecule has 0 aliphatic heterocycles. The Kier molecular flexibility index (Phi) is 4.39. The van der Waals surface area contributed by atoms with E-state index in [9.17, 15) is 9.90 Å². The number of rotatable bonds is 4. The molecule has 6 heteroatoms. The summed E-state index contributed by atoms with van der Waals surface area (Å²) in [6.07, 6.45) is 2.74. The maximum absolute atomic E-state index is 11.9. The Morgan fingerprint density at radius 3 is 3.00 bits per heavy atom. The van der Waals surface area contributed by atoms with E-state index < -0.39 is 0 Å². The van der Waals surface area contributed by atoms with Gasteiger partial charge in [-0.3, -0.25) is 4.79 Å². The summed E-state index contributed by atoms with van der Waals surface area (Å²) in [7, 11) is 0. The van der Waals surface area contributed by atoms with Gasteiger partial charge in [0.1, 0.15) is 10.8 Å². The van der Waals surface area contributed by atoms with Gasteiger partial charge >= 0.3 is 0 Å². The van der Waals surface area contributed by atoms with Crippen molar-refractivity contribution in [1.82, 2.24) is 10.3 Å². The number of hydrogen-bond acceptors (Lipinski definition) is 4. The van der Waals surface area contributed by atoms with Crippen LogP contribution in [-0.2, 0) is 13.0 Å². The average molecular weight is 297 g/mol. The van der Waals surface area contributed by atoms with Gasteiger partial charge in [-0.05, 0) is 24.6 Å². The van der Waals surface area contributed by atoms with Crippen LogP contribution in [0.2, 0.25) is 5.02 Å². The Morgan fingerprint density at radius 1 is 1.53 bits per heavy atom. The SMILES string of the molecule is CCc1cnc(CNC(=O)c2cc(Cl)ccc2O)s1. The second-order valence-electron chi connectivity index (χ2n) is 3.92. The van der Waals surface area contributed by atoms with Crippen molar-refractivity contribution in [2.45, 2.75) is 19.9 Å². The molecule has 0 saturated heterocycles. The van der Waals surface area contributed by atoms with Gasteiger partial charge in [0.25, 0.3) is 5.91 Å². The predicted octanol–water partition coefficient (Wildman–Crippen LogP) is 2.99. The van der Waals surface area contributed by atoms with Crippen LogP contribution in [0.5, 0.6) is 5.75 Å². The smallest absolute Gasteiger partial charge is 0.255 e. The highest BCUT2D eigenvalue weighted by Gasteiger charge is 2.12. The fourth-order valence-corrected chi connectivity index (χ4v) is 2.51. The summed E-state index contributed by atoms with van der Waals surface area (Å²) in [5.41, 5.74) is 0.166. The number of carbonyl (C=O) groups is 1.